The molecule has 12 rings (SSSR count). The molecule has 4 aliphatic rings. The summed E-state index contributed by atoms with van der Waals surface area (Å²) in [6, 6.07) is 14.3. The Labute approximate surface area is 365 Å². The average molecular weight is 863 g/mol. The summed E-state index contributed by atoms with van der Waals surface area (Å²) in [5.74, 6) is -1.98. The van der Waals surface area contributed by atoms with Gasteiger partial charge in [-0.25, -0.2) is 18.7 Å². The van der Waals surface area contributed by atoms with Gasteiger partial charge in [0.1, 0.15) is 11.0 Å². The molecule has 6 aromatic heterocycles. The van der Waals surface area contributed by atoms with Crippen LogP contribution < -0.4 is 25.8 Å². The van der Waals surface area contributed by atoms with Gasteiger partial charge in [-0.05, 0) is 70.8 Å². The molecule has 3 N–H and O–H groups in total. The second kappa shape index (κ2) is 15.0. The molecule has 2 aromatic carbocycles. The largest absolute Gasteiger partial charge is 0.368 e. The third-order valence-corrected chi connectivity index (χ3v) is 13.5. The van der Waals surface area contributed by atoms with Gasteiger partial charge in [-0.3, -0.25) is 9.59 Å². The maximum absolute atomic E-state index is 15.8. The summed E-state index contributed by atoms with van der Waals surface area (Å²) in [7, 11) is 4.07. The first kappa shape index (κ1) is 39.7. The van der Waals surface area contributed by atoms with Gasteiger partial charge in [-0.2, -0.15) is 10.2 Å². The van der Waals surface area contributed by atoms with E-state index in [1.54, 1.807) is 58.8 Å². The van der Waals surface area contributed by atoms with Crippen molar-refractivity contribution in [3.8, 4) is 0 Å². The van der Waals surface area contributed by atoms with Crippen LogP contribution in [-0.2, 0) is 6.42 Å². The van der Waals surface area contributed by atoms with E-state index in [9.17, 15) is 14.0 Å². The minimum absolute atomic E-state index is 0.102. The number of aryl methyl sites for hydroxylation is 1. The minimum Gasteiger partial charge on any atom is -0.368 e. The molecule has 0 radical (unpaired) electrons. The zero-order chi connectivity index (χ0) is 44.0. The third kappa shape index (κ3) is 6.46. The Morgan fingerprint density at radius 2 is 1.41 bits per heavy atom. The number of likely N-dealkylation sites (N-methyl/N-ethyl adjacent to an activating group) is 2. The maximum atomic E-state index is 15.8. The monoisotopic (exact) mass is 862 g/mol. The molecule has 18 heteroatoms. The number of rotatable bonds is 9. The van der Waals surface area contributed by atoms with Crippen molar-refractivity contribution in [1.82, 2.24) is 49.4 Å². The fourth-order valence-electron chi connectivity index (χ4n) is 10.4. The highest BCUT2D eigenvalue weighted by Gasteiger charge is 2.62. The van der Waals surface area contributed by atoms with E-state index in [0.29, 0.717) is 46.9 Å². The van der Waals surface area contributed by atoms with E-state index in [2.05, 4.69) is 70.0 Å². The van der Waals surface area contributed by atoms with Crippen molar-refractivity contribution >= 4 is 67.7 Å². The first-order chi connectivity index (χ1) is 31.0. The van der Waals surface area contributed by atoms with Crippen LogP contribution in [0.1, 0.15) is 45.4 Å². The van der Waals surface area contributed by atoms with Gasteiger partial charge in [0.15, 0.2) is 22.9 Å². The summed E-state index contributed by atoms with van der Waals surface area (Å²) in [5.41, 5.74) is 5.53. The number of aromatic nitrogens is 8. The van der Waals surface area contributed by atoms with Gasteiger partial charge in [0.2, 0.25) is 0 Å². The van der Waals surface area contributed by atoms with Crippen LogP contribution in [0.2, 0.25) is 0 Å². The lowest BCUT2D eigenvalue weighted by Crippen LogP contribution is -2.59. The van der Waals surface area contributed by atoms with Crippen LogP contribution in [0.3, 0.4) is 0 Å². The fourth-order valence-corrected chi connectivity index (χ4v) is 10.4. The molecule has 64 heavy (non-hydrogen) atoms. The molecule has 2 bridgehead atoms. The van der Waals surface area contributed by atoms with E-state index in [-0.39, 0.29) is 40.2 Å². The Morgan fingerprint density at radius 3 is 2.05 bits per heavy atom. The number of hydrogen-bond donors (Lipinski definition) is 3. The van der Waals surface area contributed by atoms with E-state index in [0.717, 1.165) is 53.9 Å². The Balaban J connectivity index is 0.825. The number of halogens is 2. The molecule has 4 atom stereocenters. The Bertz CT molecular complexity index is 3210. The van der Waals surface area contributed by atoms with Gasteiger partial charge in [0, 0.05) is 115 Å². The Hall–Kier alpha value is -7.18. The molecule has 16 nitrogen and oxygen atoms in total. The Morgan fingerprint density at radius 1 is 0.797 bits per heavy atom. The highest BCUT2D eigenvalue weighted by Crippen LogP contribution is 2.55. The number of fused-ring (bicyclic) bond motifs is 5. The highest BCUT2D eigenvalue weighted by molar-refractivity contribution is 6.15. The second-order valence-electron chi connectivity index (χ2n) is 17.5. The first-order valence-electron chi connectivity index (χ1n) is 21.3. The summed E-state index contributed by atoms with van der Waals surface area (Å²) in [6.45, 7) is 7.27. The number of benzene rings is 2. The molecule has 324 valence electrons. The van der Waals surface area contributed by atoms with Crippen molar-refractivity contribution in [3.63, 3.8) is 0 Å². The van der Waals surface area contributed by atoms with Crippen LogP contribution in [0, 0.1) is 24.0 Å². The van der Waals surface area contributed by atoms with Crippen molar-refractivity contribution in [3.05, 3.63) is 120 Å². The second-order valence-corrected chi connectivity index (χ2v) is 17.5. The molecule has 1 unspecified atom stereocenters. The van der Waals surface area contributed by atoms with Crippen molar-refractivity contribution in [2.75, 3.05) is 60.7 Å². The van der Waals surface area contributed by atoms with Gasteiger partial charge in [-0.15, -0.1) is 10.2 Å². The number of amides is 2. The van der Waals surface area contributed by atoms with E-state index >= 15 is 4.39 Å². The summed E-state index contributed by atoms with van der Waals surface area (Å²) >= 11 is 0. The van der Waals surface area contributed by atoms with E-state index in [1.165, 1.54) is 12.1 Å². The van der Waals surface area contributed by atoms with Crippen LogP contribution in [0.25, 0.3) is 33.1 Å². The van der Waals surface area contributed by atoms with Crippen molar-refractivity contribution < 1.29 is 18.4 Å². The standard InChI is InChI=1S/C46H44F2N14O2/c1-25-19-60-21-27(15-34(47)42(60)52-25)54-45(64)33-6-8-37(31-10-12-51-57-40(31)33)62-24-46(18-38(62)41(46)49-3)17-29-23-61-22-28(16-35(48)43(61)53-29)55-44(63)32-5-7-36(30-9-11-50-56-39(30)32)59-14-13-58(4)26(2)20-59/h5-12,15-16,19,21-23,26,38,41,49H,13-14,17-18,20,24H2,1-4H3,(H,54,64)(H,55,63)/t26-,38-,41?,46-/m1/s1. The lowest BCUT2D eigenvalue weighted by Gasteiger charge is -2.46. The van der Waals surface area contributed by atoms with Crippen molar-refractivity contribution in [2.45, 2.75) is 44.8 Å². The quantitative estimate of drug-likeness (QED) is 0.167. The highest BCUT2D eigenvalue weighted by atomic mass is 19.1. The predicted octanol–water partition coefficient (Wildman–Crippen LogP) is 5.51. The van der Waals surface area contributed by atoms with Crippen LogP contribution in [0.15, 0.2) is 85.7 Å². The molecule has 3 aliphatic heterocycles. The smallest absolute Gasteiger partial charge is 0.257 e. The van der Waals surface area contributed by atoms with Crippen molar-refractivity contribution in [2.24, 2.45) is 5.41 Å². The number of pyridine rings is 2. The number of carbonyl (C=O) groups is 2. The fraction of sp³-hybridized carbons (Fsp3) is 0.304. The lowest BCUT2D eigenvalue weighted by atomic mass is 9.63. The molecule has 4 fully saturated rings. The van der Waals surface area contributed by atoms with E-state index in [4.69, 9.17) is 4.98 Å². The van der Waals surface area contributed by atoms with Crippen LogP contribution in [0.5, 0.6) is 0 Å². The molecule has 9 heterocycles. The van der Waals surface area contributed by atoms with Crippen LogP contribution in [0.4, 0.5) is 31.5 Å². The number of anilines is 4. The number of nitrogens with zero attached hydrogens (tertiary/aromatic N) is 11. The molecule has 0 spiro atoms. The lowest BCUT2D eigenvalue weighted by molar-refractivity contribution is 0.102. The van der Waals surface area contributed by atoms with E-state index in [1.807, 2.05) is 37.5 Å². The SMILES string of the molecule is CNC1[C@H]2C[C@]1(Cc1cn3cc(NC(=O)c4ccc(N5CCN(C)[C@H](C)C5)c5ccnnc45)cc(F)c3n1)CN2c1ccc(C(=O)Nc2cc(F)c3nc(C)cn3c2)c2nnccc12. The number of hydrogen-bond acceptors (Lipinski definition) is 12. The summed E-state index contributed by atoms with van der Waals surface area (Å²) in [4.78, 5) is 43.4. The minimum atomic E-state index is -0.561. The van der Waals surface area contributed by atoms with Gasteiger partial charge in [0.25, 0.3) is 11.8 Å². The zero-order valence-corrected chi connectivity index (χ0v) is 35.5. The number of imidazole rings is 2. The van der Waals surface area contributed by atoms with Gasteiger partial charge < -0.3 is 39.5 Å². The molecule has 8 aromatic rings. The molecule has 3 saturated heterocycles. The molecule has 1 saturated carbocycles. The summed E-state index contributed by atoms with van der Waals surface area (Å²) in [5, 5.41) is 27.8. The molecular weight excluding hydrogens is 819 g/mol. The normalized spacial score (nSPS) is 21.0. The first-order valence-corrected chi connectivity index (χ1v) is 21.3. The van der Waals surface area contributed by atoms with E-state index < -0.39 is 23.4 Å². The van der Waals surface area contributed by atoms with Crippen LogP contribution >= 0.6 is 0 Å². The van der Waals surface area contributed by atoms with Crippen molar-refractivity contribution in [1.29, 1.82) is 0 Å². The predicted molar refractivity (Wildman–Crippen MR) is 239 cm³/mol. The van der Waals surface area contributed by atoms with Gasteiger partial charge in [0.05, 0.1) is 46.3 Å². The number of carbonyl (C=O) groups excluding carboxylic acids is 2. The van der Waals surface area contributed by atoms with Crippen LogP contribution in [-0.4, -0.2) is 114 Å². The molecule has 1 aliphatic carbocycles. The number of piperazine rings is 1. The maximum Gasteiger partial charge on any atom is 0.257 e. The average Bonchev–Trinajstić information content (AvgIpc) is 4.05. The van der Waals surface area contributed by atoms with Gasteiger partial charge in [-0.1, -0.05) is 0 Å². The van der Waals surface area contributed by atoms with Gasteiger partial charge >= 0.3 is 0 Å². The number of nitrogens with one attached hydrogen (secondary N) is 3. The Kier molecular flexibility index (Phi) is 9.28. The topological polar surface area (TPSA) is 166 Å². The molecular formula is C46H44F2N14O2. The third-order valence-electron chi connectivity index (χ3n) is 13.5. The molecule has 2 amide bonds. The zero-order valence-electron chi connectivity index (χ0n) is 35.5. The summed E-state index contributed by atoms with van der Waals surface area (Å²) < 4.78 is 33.8. The summed E-state index contributed by atoms with van der Waals surface area (Å²) in [6.07, 6.45) is 11.5.